The molecule has 1 fully saturated rings. The Morgan fingerprint density at radius 3 is 3.20 bits per heavy atom. The molecule has 1 saturated heterocycles. The topological polar surface area (TPSA) is 34.1 Å². The zero-order chi connectivity index (χ0) is 10.7. The van der Waals surface area contributed by atoms with Gasteiger partial charge in [0.05, 0.1) is 10.7 Å². The predicted octanol–water partition coefficient (Wildman–Crippen LogP) is 2.11. The van der Waals surface area contributed by atoms with Crippen LogP contribution < -0.4 is 10.1 Å². The Morgan fingerprint density at radius 1 is 1.67 bits per heavy atom. The molecule has 82 valence electrons. The van der Waals surface area contributed by atoms with Crippen molar-refractivity contribution in [1.82, 2.24) is 10.3 Å². The van der Waals surface area contributed by atoms with Crippen LogP contribution in [0.4, 0.5) is 4.39 Å². The van der Waals surface area contributed by atoms with E-state index < -0.39 is 5.95 Å². The zero-order valence-electron chi connectivity index (χ0n) is 8.17. The summed E-state index contributed by atoms with van der Waals surface area (Å²) in [6, 6.07) is 2.01. The van der Waals surface area contributed by atoms with Gasteiger partial charge in [-0.1, -0.05) is 0 Å². The molecule has 1 aromatic heterocycles. The number of nitrogens with zero attached hydrogens (tertiary/aromatic N) is 1. The third-order valence-corrected chi connectivity index (χ3v) is 2.94. The van der Waals surface area contributed by atoms with E-state index in [4.69, 9.17) is 4.74 Å². The molecule has 15 heavy (non-hydrogen) atoms. The summed E-state index contributed by atoms with van der Waals surface area (Å²) in [5, 5.41) is 3.32. The van der Waals surface area contributed by atoms with Gasteiger partial charge in [0.1, 0.15) is 12.4 Å². The maximum absolute atomic E-state index is 12.8. The van der Waals surface area contributed by atoms with Crippen molar-refractivity contribution in [2.24, 2.45) is 0 Å². The molecule has 1 atom stereocenters. The molecule has 1 aliphatic rings. The van der Waals surface area contributed by atoms with Crippen molar-refractivity contribution in [3.8, 4) is 5.75 Å². The number of ether oxygens (including phenoxy) is 1. The van der Waals surface area contributed by atoms with Gasteiger partial charge in [-0.3, -0.25) is 0 Å². The minimum absolute atomic E-state index is 0.333. The highest BCUT2D eigenvalue weighted by atomic mass is 79.9. The van der Waals surface area contributed by atoms with Crippen LogP contribution in [-0.2, 0) is 0 Å². The monoisotopic (exact) mass is 274 g/mol. The second-order valence-electron chi connectivity index (χ2n) is 3.55. The maximum atomic E-state index is 12.8. The van der Waals surface area contributed by atoms with E-state index in [2.05, 4.69) is 26.2 Å². The Labute approximate surface area is 96.2 Å². The van der Waals surface area contributed by atoms with Crippen LogP contribution in [-0.4, -0.2) is 24.2 Å². The first kappa shape index (κ1) is 10.8. The number of pyridine rings is 1. The zero-order valence-corrected chi connectivity index (χ0v) is 9.76. The van der Waals surface area contributed by atoms with Gasteiger partial charge in [-0.2, -0.15) is 4.39 Å². The summed E-state index contributed by atoms with van der Waals surface area (Å²) in [6.45, 7) is 1.67. The lowest BCUT2D eigenvalue weighted by molar-refractivity contribution is 0.275. The van der Waals surface area contributed by atoms with E-state index in [1.54, 1.807) is 6.07 Å². The molecule has 0 saturated carbocycles. The van der Waals surface area contributed by atoms with E-state index in [-0.39, 0.29) is 0 Å². The fraction of sp³-hybridized carbons (Fsp3) is 0.500. The largest absolute Gasteiger partial charge is 0.490 e. The molecule has 0 aromatic carbocycles. The molecule has 0 unspecified atom stereocenters. The van der Waals surface area contributed by atoms with Crippen molar-refractivity contribution in [2.45, 2.75) is 18.9 Å². The number of hydrogen-bond donors (Lipinski definition) is 1. The van der Waals surface area contributed by atoms with Crippen molar-refractivity contribution in [3.05, 3.63) is 22.7 Å². The minimum atomic E-state index is -0.513. The van der Waals surface area contributed by atoms with Crippen LogP contribution >= 0.6 is 15.9 Å². The molecular weight excluding hydrogens is 263 g/mol. The molecule has 5 heteroatoms. The highest BCUT2D eigenvalue weighted by Gasteiger charge is 2.14. The molecule has 3 nitrogen and oxygen atoms in total. The smallest absolute Gasteiger partial charge is 0.227 e. The Morgan fingerprint density at radius 2 is 2.53 bits per heavy atom. The van der Waals surface area contributed by atoms with Crippen LogP contribution in [0.3, 0.4) is 0 Å². The standard InChI is InChI=1S/C10H12BrFN2O/c11-9-4-8(5-14-10(9)12)15-6-7-2-1-3-13-7/h4-5,7,13H,1-3,6H2/t7-/m1/s1. The average molecular weight is 275 g/mol. The van der Waals surface area contributed by atoms with Gasteiger partial charge >= 0.3 is 0 Å². The van der Waals surface area contributed by atoms with E-state index >= 15 is 0 Å². The SMILES string of the molecule is Fc1ncc(OC[C@H]2CCCN2)cc1Br. The summed E-state index contributed by atoms with van der Waals surface area (Å²) in [5.41, 5.74) is 0. The third-order valence-electron chi connectivity index (χ3n) is 2.38. The van der Waals surface area contributed by atoms with E-state index in [0.29, 0.717) is 22.9 Å². The summed E-state index contributed by atoms with van der Waals surface area (Å²) in [5.74, 6) is 0.0818. The molecule has 1 aliphatic heterocycles. The van der Waals surface area contributed by atoms with Gasteiger partial charge in [-0.15, -0.1) is 0 Å². The predicted molar refractivity (Wildman–Crippen MR) is 58.4 cm³/mol. The lowest BCUT2D eigenvalue weighted by Gasteiger charge is -2.11. The van der Waals surface area contributed by atoms with Crippen molar-refractivity contribution < 1.29 is 9.13 Å². The first-order valence-electron chi connectivity index (χ1n) is 4.93. The summed E-state index contributed by atoms with van der Waals surface area (Å²) in [7, 11) is 0. The summed E-state index contributed by atoms with van der Waals surface area (Å²) < 4.78 is 18.7. The van der Waals surface area contributed by atoms with Crippen molar-refractivity contribution in [2.75, 3.05) is 13.2 Å². The van der Waals surface area contributed by atoms with Crippen molar-refractivity contribution in [3.63, 3.8) is 0 Å². The Hall–Kier alpha value is -0.680. The normalized spacial score (nSPS) is 20.5. The lowest BCUT2D eigenvalue weighted by atomic mass is 10.2. The molecule has 0 amide bonds. The number of halogens is 2. The molecule has 0 aliphatic carbocycles. The summed E-state index contributed by atoms with van der Waals surface area (Å²) in [4.78, 5) is 3.56. The summed E-state index contributed by atoms with van der Waals surface area (Å²) >= 11 is 3.07. The Balaban J connectivity index is 1.90. The number of aromatic nitrogens is 1. The van der Waals surface area contributed by atoms with Gasteiger partial charge in [0, 0.05) is 12.1 Å². The molecule has 0 bridgehead atoms. The van der Waals surface area contributed by atoms with E-state index in [1.165, 1.54) is 12.6 Å². The second-order valence-corrected chi connectivity index (χ2v) is 4.40. The molecule has 0 radical (unpaired) electrons. The summed E-state index contributed by atoms with van der Waals surface area (Å²) in [6.07, 6.45) is 3.73. The van der Waals surface area contributed by atoms with Crippen LogP contribution in [0.25, 0.3) is 0 Å². The molecular formula is C10H12BrFN2O. The Kier molecular flexibility index (Phi) is 3.53. The van der Waals surface area contributed by atoms with Crippen LogP contribution in [0, 0.1) is 5.95 Å². The van der Waals surface area contributed by atoms with E-state index in [9.17, 15) is 4.39 Å². The van der Waals surface area contributed by atoms with Crippen LogP contribution in [0.5, 0.6) is 5.75 Å². The van der Waals surface area contributed by atoms with Crippen LogP contribution in [0.2, 0.25) is 0 Å². The van der Waals surface area contributed by atoms with Gasteiger partial charge in [0.2, 0.25) is 5.95 Å². The highest BCUT2D eigenvalue weighted by Crippen LogP contribution is 2.19. The Bertz CT molecular complexity index is 342. The minimum Gasteiger partial charge on any atom is -0.490 e. The fourth-order valence-electron chi connectivity index (χ4n) is 1.58. The lowest BCUT2D eigenvalue weighted by Crippen LogP contribution is -2.28. The van der Waals surface area contributed by atoms with Crippen molar-refractivity contribution >= 4 is 15.9 Å². The van der Waals surface area contributed by atoms with E-state index in [0.717, 1.165) is 13.0 Å². The number of nitrogens with one attached hydrogen (secondary N) is 1. The number of hydrogen-bond acceptors (Lipinski definition) is 3. The van der Waals surface area contributed by atoms with E-state index in [1.807, 2.05) is 0 Å². The first-order chi connectivity index (χ1) is 7.25. The maximum Gasteiger partial charge on any atom is 0.227 e. The quantitative estimate of drug-likeness (QED) is 0.858. The molecule has 1 N–H and O–H groups in total. The fourth-order valence-corrected chi connectivity index (χ4v) is 1.91. The van der Waals surface area contributed by atoms with Gasteiger partial charge in [0.25, 0.3) is 0 Å². The van der Waals surface area contributed by atoms with Crippen molar-refractivity contribution in [1.29, 1.82) is 0 Å². The van der Waals surface area contributed by atoms with Crippen LogP contribution in [0.1, 0.15) is 12.8 Å². The van der Waals surface area contributed by atoms with Gasteiger partial charge < -0.3 is 10.1 Å². The van der Waals surface area contributed by atoms with Crippen LogP contribution in [0.15, 0.2) is 16.7 Å². The van der Waals surface area contributed by atoms with Gasteiger partial charge in [-0.25, -0.2) is 4.98 Å². The highest BCUT2D eigenvalue weighted by molar-refractivity contribution is 9.10. The van der Waals surface area contributed by atoms with Gasteiger partial charge in [0.15, 0.2) is 0 Å². The molecule has 2 heterocycles. The number of rotatable bonds is 3. The molecule has 0 spiro atoms. The first-order valence-corrected chi connectivity index (χ1v) is 5.72. The van der Waals surface area contributed by atoms with Gasteiger partial charge in [-0.05, 0) is 35.3 Å². The molecule has 2 rings (SSSR count). The average Bonchev–Trinajstić information content (AvgIpc) is 2.73. The second kappa shape index (κ2) is 4.90. The molecule has 1 aromatic rings. The third kappa shape index (κ3) is 2.89.